The molecule has 3 N–H and O–H groups in total. The van der Waals surface area contributed by atoms with Crippen LogP contribution in [0.5, 0.6) is 23.0 Å². The number of anilines is 2. The van der Waals surface area contributed by atoms with Gasteiger partial charge in [-0.15, -0.1) is 0 Å². The Hall–Kier alpha value is -3.88. The number of carbonyl (C=O) groups excluding carboxylic acids is 1. The maximum Gasteiger partial charge on any atom is 0.323 e. The topological polar surface area (TPSA) is 107 Å². The fraction of sp³-hybridized carbons (Fsp3) is 0.273. The van der Waals surface area contributed by atoms with Gasteiger partial charge < -0.3 is 29.6 Å². The summed E-state index contributed by atoms with van der Waals surface area (Å²) in [5.41, 5.74) is 3.16. The molecule has 0 fully saturated rings. The van der Waals surface area contributed by atoms with Crippen LogP contribution in [0, 0.1) is 0 Å². The van der Waals surface area contributed by atoms with Crippen molar-refractivity contribution in [2.45, 2.75) is 13.3 Å². The number of nitrogens with one attached hydrogen (secondary N) is 3. The van der Waals surface area contributed by atoms with Crippen molar-refractivity contribution in [1.82, 2.24) is 10.2 Å². The number of methoxy groups -OCH3 is 4. The second-order valence-electron chi connectivity index (χ2n) is 6.53. The van der Waals surface area contributed by atoms with Crippen molar-refractivity contribution in [2.24, 2.45) is 0 Å². The van der Waals surface area contributed by atoms with E-state index in [4.69, 9.17) is 18.9 Å². The molecule has 0 spiro atoms. The van der Waals surface area contributed by atoms with Crippen molar-refractivity contribution in [3.05, 3.63) is 42.1 Å². The average Bonchev–Trinajstić information content (AvgIpc) is 3.20. The van der Waals surface area contributed by atoms with Crippen LogP contribution in [0.25, 0.3) is 11.3 Å². The van der Waals surface area contributed by atoms with Crippen molar-refractivity contribution < 1.29 is 23.7 Å². The molecule has 0 radical (unpaired) electrons. The zero-order chi connectivity index (χ0) is 22.4. The summed E-state index contributed by atoms with van der Waals surface area (Å²) in [5, 5.41) is 13.1. The number of aromatic nitrogens is 2. The van der Waals surface area contributed by atoms with Crippen LogP contribution in [0.3, 0.4) is 0 Å². The molecule has 0 unspecified atom stereocenters. The summed E-state index contributed by atoms with van der Waals surface area (Å²) in [7, 11) is 6.25. The molecule has 2 aromatic carbocycles. The lowest BCUT2D eigenvalue weighted by molar-refractivity contribution is 0.262. The SMILES string of the molecule is CCc1[nH]nc(-c2ccc(OC)cc2OC)c1NC(=O)Nc1cc(OC)cc(OC)c1. The highest BCUT2D eigenvalue weighted by Gasteiger charge is 2.20. The number of urea groups is 1. The predicted molar refractivity (Wildman–Crippen MR) is 119 cm³/mol. The normalized spacial score (nSPS) is 10.4. The first-order chi connectivity index (χ1) is 15.0. The van der Waals surface area contributed by atoms with Crippen molar-refractivity contribution in [2.75, 3.05) is 39.1 Å². The number of H-pyrrole nitrogens is 1. The summed E-state index contributed by atoms with van der Waals surface area (Å²) in [6, 6.07) is 10.1. The zero-order valence-corrected chi connectivity index (χ0v) is 18.2. The zero-order valence-electron chi connectivity index (χ0n) is 18.2. The molecule has 9 heteroatoms. The molecule has 0 aliphatic heterocycles. The van der Waals surface area contributed by atoms with Crippen molar-refractivity contribution in [3.63, 3.8) is 0 Å². The van der Waals surface area contributed by atoms with Gasteiger partial charge in [-0.3, -0.25) is 5.10 Å². The number of aromatic amines is 1. The second kappa shape index (κ2) is 9.75. The third-order valence-corrected chi connectivity index (χ3v) is 4.71. The lowest BCUT2D eigenvalue weighted by Gasteiger charge is -2.13. The van der Waals surface area contributed by atoms with E-state index in [0.29, 0.717) is 46.5 Å². The Labute approximate surface area is 180 Å². The van der Waals surface area contributed by atoms with Gasteiger partial charge in [0, 0.05) is 35.5 Å². The van der Waals surface area contributed by atoms with Crippen LogP contribution in [-0.2, 0) is 6.42 Å². The van der Waals surface area contributed by atoms with Crippen LogP contribution in [-0.4, -0.2) is 44.7 Å². The number of nitrogens with zero attached hydrogens (tertiary/aromatic N) is 1. The van der Waals surface area contributed by atoms with Crippen LogP contribution in [0.4, 0.5) is 16.2 Å². The molecule has 0 aliphatic rings. The molecule has 3 aromatic rings. The molecule has 2 amide bonds. The molecule has 1 aromatic heterocycles. The number of ether oxygens (including phenoxy) is 4. The van der Waals surface area contributed by atoms with Gasteiger partial charge in [0.2, 0.25) is 0 Å². The first-order valence-corrected chi connectivity index (χ1v) is 9.63. The molecule has 0 saturated carbocycles. The molecular weight excluding hydrogens is 400 g/mol. The Balaban J connectivity index is 1.91. The molecular formula is C22H26N4O5. The van der Waals surface area contributed by atoms with Crippen molar-refractivity contribution >= 4 is 17.4 Å². The molecule has 31 heavy (non-hydrogen) atoms. The van der Waals surface area contributed by atoms with E-state index in [1.54, 1.807) is 52.7 Å². The van der Waals surface area contributed by atoms with Gasteiger partial charge in [0.15, 0.2) is 0 Å². The van der Waals surface area contributed by atoms with E-state index >= 15 is 0 Å². The predicted octanol–water partition coefficient (Wildman–Crippen LogP) is 4.32. The van der Waals surface area contributed by atoms with Gasteiger partial charge >= 0.3 is 6.03 Å². The minimum absolute atomic E-state index is 0.430. The van der Waals surface area contributed by atoms with Gasteiger partial charge in [-0.25, -0.2) is 4.79 Å². The summed E-state index contributed by atoms with van der Waals surface area (Å²) < 4.78 is 21.3. The van der Waals surface area contributed by atoms with Crippen LogP contribution >= 0.6 is 0 Å². The Morgan fingerprint density at radius 3 is 2.16 bits per heavy atom. The number of hydrogen-bond acceptors (Lipinski definition) is 6. The van der Waals surface area contributed by atoms with E-state index in [1.807, 2.05) is 19.1 Å². The molecule has 9 nitrogen and oxygen atoms in total. The highest BCUT2D eigenvalue weighted by Crippen LogP contribution is 2.37. The second-order valence-corrected chi connectivity index (χ2v) is 6.53. The van der Waals surface area contributed by atoms with Gasteiger partial charge in [0.1, 0.15) is 28.7 Å². The summed E-state index contributed by atoms with van der Waals surface area (Å²) in [6.07, 6.45) is 0.647. The van der Waals surface area contributed by atoms with Gasteiger partial charge in [0.25, 0.3) is 0 Å². The fourth-order valence-electron chi connectivity index (χ4n) is 3.11. The molecule has 1 heterocycles. The Morgan fingerprint density at radius 2 is 1.58 bits per heavy atom. The summed E-state index contributed by atoms with van der Waals surface area (Å²) in [5.74, 6) is 2.37. The van der Waals surface area contributed by atoms with Crippen LogP contribution < -0.4 is 29.6 Å². The highest BCUT2D eigenvalue weighted by atomic mass is 16.5. The van der Waals surface area contributed by atoms with E-state index in [9.17, 15) is 4.79 Å². The van der Waals surface area contributed by atoms with Crippen LogP contribution in [0.15, 0.2) is 36.4 Å². The number of hydrogen-bond donors (Lipinski definition) is 3. The molecule has 3 rings (SSSR count). The number of aryl methyl sites for hydroxylation is 1. The van der Waals surface area contributed by atoms with E-state index in [0.717, 1.165) is 11.3 Å². The minimum atomic E-state index is -0.430. The molecule has 164 valence electrons. The average molecular weight is 426 g/mol. The van der Waals surface area contributed by atoms with Crippen LogP contribution in [0.1, 0.15) is 12.6 Å². The largest absolute Gasteiger partial charge is 0.497 e. The standard InChI is InChI=1S/C22H26N4O5/c1-6-18-21(20(26-25-18)17-8-7-14(28-2)12-19(17)31-5)24-22(27)23-13-9-15(29-3)11-16(10-13)30-4/h7-12H,6H2,1-5H3,(H,25,26)(H2,23,24,27). The van der Waals surface area contributed by atoms with E-state index in [2.05, 4.69) is 20.8 Å². The van der Waals surface area contributed by atoms with Crippen molar-refractivity contribution in [3.8, 4) is 34.3 Å². The lowest BCUT2D eigenvalue weighted by atomic mass is 10.1. The first-order valence-electron chi connectivity index (χ1n) is 9.63. The van der Waals surface area contributed by atoms with Gasteiger partial charge in [-0.05, 0) is 18.6 Å². The quantitative estimate of drug-likeness (QED) is 0.495. The molecule has 0 bridgehead atoms. The van der Waals surface area contributed by atoms with Crippen LogP contribution in [0.2, 0.25) is 0 Å². The summed E-state index contributed by atoms with van der Waals surface area (Å²) >= 11 is 0. The van der Waals surface area contributed by atoms with E-state index in [-0.39, 0.29) is 0 Å². The number of benzene rings is 2. The Morgan fingerprint density at radius 1 is 0.903 bits per heavy atom. The van der Waals surface area contributed by atoms with Gasteiger partial charge in [-0.1, -0.05) is 6.92 Å². The lowest BCUT2D eigenvalue weighted by Crippen LogP contribution is -2.20. The van der Waals surface area contributed by atoms with Gasteiger partial charge in [0.05, 0.1) is 39.8 Å². The Bertz CT molecular complexity index is 1040. The Kier molecular flexibility index (Phi) is 6.86. The minimum Gasteiger partial charge on any atom is -0.497 e. The monoisotopic (exact) mass is 426 g/mol. The maximum atomic E-state index is 12.8. The summed E-state index contributed by atoms with van der Waals surface area (Å²) in [6.45, 7) is 1.97. The molecule has 0 saturated heterocycles. The smallest absolute Gasteiger partial charge is 0.323 e. The number of amides is 2. The molecule has 0 aliphatic carbocycles. The maximum absolute atomic E-state index is 12.8. The van der Waals surface area contributed by atoms with Gasteiger partial charge in [-0.2, -0.15) is 5.10 Å². The highest BCUT2D eigenvalue weighted by molar-refractivity contribution is 6.03. The molecule has 0 atom stereocenters. The fourth-order valence-corrected chi connectivity index (χ4v) is 3.11. The first kappa shape index (κ1) is 21.8. The van der Waals surface area contributed by atoms with Crippen molar-refractivity contribution in [1.29, 1.82) is 0 Å². The third kappa shape index (κ3) is 4.82. The van der Waals surface area contributed by atoms with E-state index in [1.165, 1.54) is 0 Å². The number of rotatable bonds is 8. The summed E-state index contributed by atoms with van der Waals surface area (Å²) in [4.78, 5) is 12.8. The van der Waals surface area contributed by atoms with E-state index < -0.39 is 6.03 Å². The third-order valence-electron chi connectivity index (χ3n) is 4.71. The number of carbonyl (C=O) groups is 1.